The molecule has 0 radical (unpaired) electrons. The van der Waals surface area contributed by atoms with Gasteiger partial charge in [0.1, 0.15) is 0 Å². The third-order valence-corrected chi connectivity index (χ3v) is 2.03. The zero-order valence-electron chi connectivity index (χ0n) is 5.65. The van der Waals surface area contributed by atoms with E-state index in [4.69, 9.17) is 0 Å². The molecule has 0 aromatic heterocycles. The van der Waals surface area contributed by atoms with Crippen LogP contribution in [0.1, 0.15) is 33.1 Å². The highest BCUT2D eigenvalue weighted by Gasteiger charge is 2.36. The highest BCUT2D eigenvalue weighted by molar-refractivity contribution is 4.89. The summed E-state index contributed by atoms with van der Waals surface area (Å²) in [5.41, 5.74) is -0.305. The largest absolute Gasteiger partial charge is 0.390 e. The van der Waals surface area contributed by atoms with Crippen LogP contribution in [0.4, 0.5) is 0 Å². The van der Waals surface area contributed by atoms with Crippen molar-refractivity contribution in [3.63, 3.8) is 0 Å². The lowest BCUT2D eigenvalue weighted by Gasteiger charge is -2.40. The minimum absolute atomic E-state index is 0.305. The molecule has 1 N–H and O–H groups in total. The summed E-state index contributed by atoms with van der Waals surface area (Å²) in [5, 5.41) is 9.21. The third kappa shape index (κ3) is 1.03. The van der Waals surface area contributed by atoms with E-state index in [1.165, 1.54) is 6.42 Å². The van der Waals surface area contributed by atoms with Gasteiger partial charge in [0.2, 0.25) is 0 Å². The highest BCUT2D eigenvalue weighted by atomic mass is 16.3. The molecule has 48 valence electrons. The summed E-state index contributed by atoms with van der Waals surface area (Å²) < 4.78 is 0. The van der Waals surface area contributed by atoms with Crippen molar-refractivity contribution in [2.45, 2.75) is 38.7 Å². The summed E-state index contributed by atoms with van der Waals surface area (Å²) in [4.78, 5) is 0. The predicted octanol–water partition coefficient (Wildman–Crippen LogP) is 1.56. The van der Waals surface area contributed by atoms with Gasteiger partial charge >= 0.3 is 0 Å². The fraction of sp³-hybridized carbons (Fsp3) is 1.00. The molecule has 1 rings (SSSR count). The lowest BCUT2D eigenvalue weighted by Crippen LogP contribution is -2.40. The molecule has 1 heteroatoms. The van der Waals surface area contributed by atoms with Gasteiger partial charge in [-0.1, -0.05) is 13.3 Å². The molecule has 8 heavy (non-hydrogen) atoms. The summed E-state index contributed by atoms with van der Waals surface area (Å²) in [6, 6.07) is 0. The van der Waals surface area contributed by atoms with Crippen LogP contribution in [0.15, 0.2) is 0 Å². The monoisotopic (exact) mass is 114 g/mol. The van der Waals surface area contributed by atoms with Gasteiger partial charge in [0, 0.05) is 0 Å². The maximum atomic E-state index is 9.21. The van der Waals surface area contributed by atoms with E-state index in [9.17, 15) is 5.11 Å². The summed E-state index contributed by atoms with van der Waals surface area (Å²) in [7, 11) is 0. The van der Waals surface area contributed by atoms with E-state index in [-0.39, 0.29) is 5.60 Å². The molecule has 1 aliphatic carbocycles. The van der Waals surface area contributed by atoms with Crippen LogP contribution >= 0.6 is 0 Å². The van der Waals surface area contributed by atoms with Gasteiger partial charge in [-0.05, 0) is 25.7 Å². The van der Waals surface area contributed by atoms with Crippen LogP contribution in [0, 0.1) is 5.92 Å². The van der Waals surface area contributed by atoms with Crippen molar-refractivity contribution in [1.29, 1.82) is 0 Å². The molecule has 1 nitrogen and oxygen atoms in total. The molecule has 1 saturated carbocycles. The minimum Gasteiger partial charge on any atom is -0.390 e. The van der Waals surface area contributed by atoms with Gasteiger partial charge in [-0.15, -0.1) is 0 Å². The Morgan fingerprint density at radius 2 is 2.12 bits per heavy atom. The molecule has 1 aliphatic rings. The van der Waals surface area contributed by atoms with Crippen molar-refractivity contribution in [3.8, 4) is 0 Å². The lowest BCUT2D eigenvalue weighted by atomic mass is 9.71. The molecule has 0 spiro atoms. The van der Waals surface area contributed by atoms with Crippen LogP contribution in [0.2, 0.25) is 0 Å². The van der Waals surface area contributed by atoms with Crippen molar-refractivity contribution in [3.05, 3.63) is 0 Å². The van der Waals surface area contributed by atoms with E-state index < -0.39 is 0 Å². The molecule has 1 fully saturated rings. The number of aliphatic hydroxyl groups is 1. The van der Waals surface area contributed by atoms with Crippen LogP contribution in [-0.4, -0.2) is 10.7 Å². The van der Waals surface area contributed by atoms with E-state index in [0.29, 0.717) is 0 Å². The standard InChI is InChI=1S/C7H14O/c1-3-6-4-7(2,8)5-6/h6,8H,3-5H2,1-2H3. The topological polar surface area (TPSA) is 20.2 Å². The molecular weight excluding hydrogens is 100 g/mol. The fourth-order valence-corrected chi connectivity index (χ4v) is 1.47. The van der Waals surface area contributed by atoms with Crippen molar-refractivity contribution in [1.82, 2.24) is 0 Å². The molecule has 0 atom stereocenters. The van der Waals surface area contributed by atoms with Gasteiger partial charge in [-0.25, -0.2) is 0 Å². The van der Waals surface area contributed by atoms with Crippen LogP contribution in [0.3, 0.4) is 0 Å². The number of rotatable bonds is 1. The van der Waals surface area contributed by atoms with Crippen molar-refractivity contribution in [2.24, 2.45) is 5.92 Å². The first-order valence-electron chi connectivity index (χ1n) is 3.36. The SMILES string of the molecule is CCC1CC(C)(O)C1. The van der Waals surface area contributed by atoms with Crippen molar-refractivity contribution < 1.29 is 5.11 Å². The second-order valence-corrected chi connectivity index (χ2v) is 3.18. The van der Waals surface area contributed by atoms with Gasteiger partial charge in [-0.3, -0.25) is 0 Å². The molecule has 0 aromatic rings. The Kier molecular flexibility index (Phi) is 1.31. The number of hydrogen-bond donors (Lipinski definition) is 1. The van der Waals surface area contributed by atoms with E-state index >= 15 is 0 Å². The van der Waals surface area contributed by atoms with Crippen LogP contribution in [-0.2, 0) is 0 Å². The van der Waals surface area contributed by atoms with Crippen LogP contribution < -0.4 is 0 Å². The molecule has 0 aliphatic heterocycles. The van der Waals surface area contributed by atoms with Gasteiger partial charge < -0.3 is 5.11 Å². The van der Waals surface area contributed by atoms with Gasteiger partial charge in [-0.2, -0.15) is 0 Å². The van der Waals surface area contributed by atoms with Gasteiger partial charge in [0.25, 0.3) is 0 Å². The zero-order chi connectivity index (χ0) is 6.20. The van der Waals surface area contributed by atoms with Crippen LogP contribution in [0.5, 0.6) is 0 Å². The summed E-state index contributed by atoms with van der Waals surface area (Å²) in [5.74, 6) is 0.810. The minimum atomic E-state index is -0.305. The number of hydrogen-bond acceptors (Lipinski definition) is 1. The molecule has 0 aromatic carbocycles. The molecule has 0 amide bonds. The average molecular weight is 114 g/mol. The Morgan fingerprint density at radius 1 is 1.62 bits per heavy atom. The third-order valence-electron chi connectivity index (χ3n) is 2.03. The smallest absolute Gasteiger partial charge is 0.0625 e. The van der Waals surface area contributed by atoms with E-state index in [1.54, 1.807) is 0 Å². The first-order valence-corrected chi connectivity index (χ1v) is 3.36. The summed E-state index contributed by atoms with van der Waals surface area (Å²) in [6.07, 6.45) is 3.27. The van der Waals surface area contributed by atoms with Gasteiger partial charge in [0.05, 0.1) is 5.60 Å². The Morgan fingerprint density at radius 3 is 2.25 bits per heavy atom. The fourth-order valence-electron chi connectivity index (χ4n) is 1.47. The van der Waals surface area contributed by atoms with Crippen LogP contribution in [0.25, 0.3) is 0 Å². The highest BCUT2D eigenvalue weighted by Crippen LogP contribution is 2.38. The maximum absolute atomic E-state index is 9.21. The molecule has 0 heterocycles. The Bertz CT molecular complexity index is 78.4. The summed E-state index contributed by atoms with van der Waals surface area (Å²) >= 11 is 0. The first-order chi connectivity index (χ1) is 3.64. The molecular formula is C7H14O. The van der Waals surface area contributed by atoms with Gasteiger partial charge in [0.15, 0.2) is 0 Å². The molecule has 0 bridgehead atoms. The molecule has 0 unspecified atom stereocenters. The predicted molar refractivity (Wildman–Crippen MR) is 33.6 cm³/mol. The first kappa shape index (κ1) is 6.09. The quantitative estimate of drug-likeness (QED) is 0.548. The second-order valence-electron chi connectivity index (χ2n) is 3.18. The normalized spacial score (nSPS) is 46.1. The molecule has 0 saturated heterocycles. The van der Waals surface area contributed by atoms with Crippen molar-refractivity contribution in [2.75, 3.05) is 0 Å². The summed E-state index contributed by atoms with van der Waals surface area (Å²) in [6.45, 7) is 4.10. The van der Waals surface area contributed by atoms with E-state index in [0.717, 1.165) is 18.8 Å². The Hall–Kier alpha value is -0.0400. The Labute approximate surface area is 50.7 Å². The second kappa shape index (κ2) is 1.73. The zero-order valence-corrected chi connectivity index (χ0v) is 5.65. The lowest BCUT2D eigenvalue weighted by molar-refractivity contribution is -0.0577. The average Bonchev–Trinajstić information content (AvgIpc) is 1.60. The van der Waals surface area contributed by atoms with E-state index in [2.05, 4.69) is 6.92 Å². The maximum Gasteiger partial charge on any atom is 0.0625 e. The van der Waals surface area contributed by atoms with Crippen molar-refractivity contribution >= 4 is 0 Å². The Balaban J connectivity index is 2.21. The van der Waals surface area contributed by atoms with E-state index in [1.807, 2.05) is 6.92 Å².